The van der Waals surface area contributed by atoms with Crippen molar-refractivity contribution in [2.75, 3.05) is 32.9 Å². The first kappa shape index (κ1) is 12.7. The van der Waals surface area contributed by atoms with E-state index in [0.29, 0.717) is 5.56 Å². The van der Waals surface area contributed by atoms with Gasteiger partial charge in [0, 0.05) is 31.7 Å². The predicted octanol–water partition coefficient (Wildman–Crippen LogP) is 2.39. The summed E-state index contributed by atoms with van der Waals surface area (Å²) in [6.07, 6.45) is 0. The van der Waals surface area contributed by atoms with Crippen molar-refractivity contribution < 1.29 is 8.78 Å². The molecule has 17 heavy (non-hydrogen) atoms. The molecule has 0 saturated carbocycles. The van der Waals surface area contributed by atoms with Crippen LogP contribution in [0.2, 0.25) is 5.02 Å². The van der Waals surface area contributed by atoms with Gasteiger partial charge in [0.2, 0.25) is 0 Å². The van der Waals surface area contributed by atoms with E-state index in [1.165, 1.54) is 6.07 Å². The molecule has 94 valence electrons. The van der Waals surface area contributed by atoms with Gasteiger partial charge in [0.05, 0.1) is 11.1 Å². The van der Waals surface area contributed by atoms with Crippen LogP contribution in [0.25, 0.3) is 0 Å². The maximum Gasteiger partial charge on any atom is 0.146 e. The zero-order chi connectivity index (χ0) is 12.3. The molecule has 1 aromatic rings. The van der Waals surface area contributed by atoms with E-state index in [1.807, 2.05) is 4.90 Å². The summed E-state index contributed by atoms with van der Waals surface area (Å²) in [6, 6.07) is 4.21. The Hall–Kier alpha value is -0.710. The highest BCUT2D eigenvalue weighted by molar-refractivity contribution is 6.30. The van der Waals surface area contributed by atoms with Gasteiger partial charge in [-0.2, -0.15) is 0 Å². The minimum atomic E-state index is -0.600. The molecule has 0 radical (unpaired) electrons. The van der Waals surface area contributed by atoms with Gasteiger partial charge >= 0.3 is 0 Å². The number of alkyl halides is 1. The number of benzene rings is 1. The van der Waals surface area contributed by atoms with Crippen molar-refractivity contribution in [2.45, 2.75) is 6.04 Å². The highest BCUT2D eigenvalue weighted by Crippen LogP contribution is 2.28. The Morgan fingerprint density at radius 1 is 1.35 bits per heavy atom. The third-order valence-corrected chi connectivity index (χ3v) is 3.37. The molecule has 0 amide bonds. The smallest absolute Gasteiger partial charge is 0.146 e. The Bertz CT molecular complexity index is 381. The summed E-state index contributed by atoms with van der Waals surface area (Å²) < 4.78 is 27.0. The minimum Gasteiger partial charge on any atom is -0.314 e. The van der Waals surface area contributed by atoms with Crippen LogP contribution in [0.15, 0.2) is 18.2 Å². The lowest BCUT2D eigenvalue weighted by molar-refractivity contribution is 0.144. The molecule has 2 rings (SSSR count). The fraction of sp³-hybridized carbons (Fsp3) is 0.500. The third kappa shape index (κ3) is 2.76. The molecular weight excluding hydrogens is 246 g/mol. The van der Waals surface area contributed by atoms with E-state index >= 15 is 0 Å². The summed E-state index contributed by atoms with van der Waals surface area (Å²) in [5.74, 6) is -0.504. The first-order valence-electron chi connectivity index (χ1n) is 5.68. The number of hydrogen-bond donors (Lipinski definition) is 1. The molecule has 1 aliphatic heterocycles. The number of rotatable bonds is 3. The van der Waals surface area contributed by atoms with Gasteiger partial charge in [-0.1, -0.05) is 23.7 Å². The van der Waals surface area contributed by atoms with Crippen molar-refractivity contribution in [2.24, 2.45) is 0 Å². The standard InChI is InChI=1S/C12H15ClF2N2/c13-10-3-1-2-9(12(10)15)11(8-14)17-6-4-16-5-7-17/h1-3,11,16H,4-8H2/t11-/m1/s1. The molecule has 1 aromatic carbocycles. The van der Waals surface area contributed by atoms with Crippen LogP contribution in [0.4, 0.5) is 8.78 Å². The fourth-order valence-electron chi connectivity index (χ4n) is 2.15. The average molecular weight is 261 g/mol. The summed E-state index contributed by atoms with van der Waals surface area (Å²) in [7, 11) is 0. The zero-order valence-electron chi connectivity index (χ0n) is 9.43. The molecule has 0 aliphatic carbocycles. The Kier molecular flexibility index (Phi) is 4.31. The average Bonchev–Trinajstić information content (AvgIpc) is 2.37. The normalized spacial score (nSPS) is 19.2. The van der Waals surface area contributed by atoms with Gasteiger partial charge < -0.3 is 5.32 Å². The third-order valence-electron chi connectivity index (χ3n) is 3.08. The van der Waals surface area contributed by atoms with E-state index in [0.717, 1.165) is 26.2 Å². The number of hydrogen-bond acceptors (Lipinski definition) is 2. The number of piperazine rings is 1. The first-order chi connectivity index (χ1) is 8.24. The Morgan fingerprint density at radius 3 is 2.71 bits per heavy atom. The molecule has 1 heterocycles. The van der Waals surface area contributed by atoms with Crippen molar-refractivity contribution in [1.29, 1.82) is 0 Å². The molecule has 2 nitrogen and oxygen atoms in total. The first-order valence-corrected chi connectivity index (χ1v) is 6.06. The van der Waals surface area contributed by atoms with Crippen molar-refractivity contribution >= 4 is 11.6 Å². The topological polar surface area (TPSA) is 15.3 Å². The van der Waals surface area contributed by atoms with Crippen LogP contribution in [0.1, 0.15) is 11.6 Å². The maximum atomic E-state index is 13.9. The molecule has 1 atom stereocenters. The highest BCUT2D eigenvalue weighted by atomic mass is 35.5. The van der Waals surface area contributed by atoms with E-state index in [-0.39, 0.29) is 5.02 Å². The van der Waals surface area contributed by atoms with Gasteiger partial charge in [-0.15, -0.1) is 0 Å². The second-order valence-corrected chi connectivity index (χ2v) is 4.51. The van der Waals surface area contributed by atoms with Crippen LogP contribution < -0.4 is 5.32 Å². The Morgan fingerprint density at radius 2 is 2.06 bits per heavy atom. The quantitative estimate of drug-likeness (QED) is 0.898. The fourth-order valence-corrected chi connectivity index (χ4v) is 2.33. The lowest BCUT2D eigenvalue weighted by Gasteiger charge is -2.33. The molecular formula is C12H15ClF2N2. The minimum absolute atomic E-state index is 0.0519. The van der Waals surface area contributed by atoms with E-state index in [1.54, 1.807) is 12.1 Å². The lowest BCUT2D eigenvalue weighted by Crippen LogP contribution is -2.45. The van der Waals surface area contributed by atoms with Gasteiger partial charge in [-0.05, 0) is 6.07 Å². The van der Waals surface area contributed by atoms with Crippen LogP contribution in [-0.4, -0.2) is 37.8 Å². The predicted molar refractivity (Wildman–Crippen MR) is 64.6 cm³/mol. The van der Waals surface area contributed by atoms with Gasteiger partial charge in [-0.25, -0.2) is 8.78 Å². The Labute approximate surface area is 105 Å². The van der Waals surface area contributed by atoms with Gasteiger partial charge in [0.15, 0.2) is 0 Å². The maximum absolute atomic E-state index is 13.9. The molecule has 1 saturated heterocycles. The summed E-state index contributed by atoms with van der Waals surface area (Å²) in [4.78, 5) is 1.95. The molecule has 0 aromatic heterocycles. The molecule has 1 aliphatic rings. The Balaban J connectivity index is 2.24. The second kappa shape index (κ2) is 5.76. The largest absolute Gasteiger partial charge is 0.314 e. The summed E-state index contributed by atoms with van der Waals surface area (Å²) in [6.45, 7) is 2.45. The monoisotopic (exact) mass is 260 g/mol. The molecule has 0 bridgehead atoms. The SMILES string of the molecule is FC[C@H](c1cccc(Cl)c1F)N1CCNCC1. The van der Waals surface area contributed by atoms with Gasteiger partial charge in [0.1, 0.15) is 12.5 Å². The van der Waals surface area contributed by atoms with Gasteiger partial charge in [0.25, 0.3) is 0 Å². The van der Waals surface area contributed by atoms with Crippen LogP contribution in [0.5, 0.6) is 0 Å². The molecule has 0 spiro atoms. The van der Waals surface area contributed by atoms with Crippen molar-refractivity contribution in [3.63, 3.8) is 0 Å². The van der Waals surface area contributed by atoms with Crippen LogP contribution >= 0.6 is 11.6 Å². The van der Waals surface area contributed by atoms with Crippen LogP contribution in [-0.2, 0) is 0 Å². The molecule has 0 unspecified atom stereocenters. The molecule has 1 fully saturated rings. The van der Waals surface area contributed by atoms with Crippen LogP contribution in [0.3, 0.4) is 0 Å². The highest BCUT2D eigenvalue weighted by Gasteiger charge is 2.25. The lowest BCUT2D eigenvalue weighted by atomic mass is 10.0. The zero-order valence-corrected chi connectivity index (χ0v) is 10.2. The van der Waals surface area contributed by atoms with E-state index in [2.05, 4.69) is 5.32 Å². The van der Waals surface area contributed by atoms with Crippen molar-refractivity contribution in [3.8, 4) is 0 Å². The van der Waals surface area contributed by atoms with E-state index in [9.17, 15) is 8.78 Å². The van der Waals surface area contributed by atoms with Crippen molar-refractivity contribution in [1.82, 2.24) is 10.2 Å². The van der Waals surface area contributed by atoms with E-state index in [4.69, 9.17) is 11.6 Å². The molecule has 5 heteroatoms. The van der Waals surface area contributed by atoms with Crippen LogP contribution in [0, 0.1) is 5.82 Å². The van der Waals surface area contributed by atoms with Gasteiger partial charge in [-0.3, -0.25) is 4.90 Å². The molecule has 1 N–H and O–H groups in total. The summed E-state index contributed by atoms with van der Waals surface area (Å²) >= 11 is 5.73. The number of nitrogens with zero attached hydrogens (tertiary/aromatic N) is 1. The van der Waals surface area contributed by atoms with E-state index < -0.39 is 18.5 Å². The number of nitrogens with one attached hydrogen (secondary N) is 1. The summed E-state index contributed by atoms with van der Waals surface area (Å²) in [5, 5.41) is 3.24. The van der Waals surface area contributed by atoms with Crippen molar-refractivity contribution in [3.05, 3.63) is 34.6 Å². The number of halogens is 3. The second-order valence-electron chi connectivity index (χ2n) is 4.10. The summed E-state index contributed by atoms with van der Waals surface area (Å²) in [5.41, 5.74) is 0.349.